The summed E-state index contributed by atoms with van der Waals surface area (Å²) in [6.07, 6.45) is -5.92. The monoisotopic (exact) mass is 642 g/mol. The number of anilines is 1. The lowest BCUT2D eigenvalue weighted by Crippen LogP contribution is -2.37. The van der Waals surface area contributed by atoms with E-state index in [0.717, 1.165) is 36.2 Å². The van der Waals surface area contributed by atoms with E-state index in [2.05, 4.69) is 49.2 Å². The number of carboxylic acid groups (broad SMARTS) is 2. The number of benzene rings is 1. The maximum atomic E-state index is 10.5. The second kappa shape index (κ2) is 14.6. The minimum atomic E-state index is -5.19. The van der Waals surface area contributed by atoms with E-state index in [1.165, 1.54) is 18.4 Å². The Labute approximate surface area is 251 Å². The predicted octanol–water partition coefficient (Wildman–Crippen LogP) is 2.00. The third kappa shape index (κ3) is 10.3. The first-order valence-electron chi connectivity index (χ1n) is 13.2. The Kier molecular flexibility index (Phi) is 11.2. The third-order valence-electron chi connectivity index (χ3n) is 6.28. The Morgan fingerprint density at radius 3 is 2.09 bits per heavy atom. The molecule has 0 aliphatic carbocycles. The SMILES string of the molecule is Cc1nc(-c2nc(-c3ccccc3)no2)nn1Cc1cc[nH+]c(N2CCC(C)CC2)c1.O=C([O-])C(F)(F)F.O=C([O-])C(F)(F)F. The largest absolute Gasteiger partial charge is 0.542 e. The van der Waals surface area contributed by atoms with Gasteiger partial charge in [-0.05, 0) is 37.3 Å². The van der Waals surface area contributed by atoms with Gasteiger partial charge >= 0.3 is 12.4 Å². The molecule has 4 heterocycles. The van der Waals surface area contributed by atoms with E-state index in [1.54, 1.807) is 0 Å². The van der Waals surface area contributed by atoms with Gasteiger partial charge in [0.25, 0.3) is 11.7 Å². The number of piperidine rings is 1. The Bertz CT molecular complexity index is 1540. The minimum absolute atomic E-state index is 0.324. The summed E-state index contributed by atoms with van der Waals surface area (Å²) in [5.41, 5.74) is 2.07. The van der Waals surface area contributed by atoms with Crippen LogP contribution in [0.1, 0.15) is 31.2 Å². The summed E-state index contributed by atoms with van der Waals surface area (Å²) in [6.45, 7) is 7.08. The van der Waals surface area contributed by atoms with Crippen molar-refractivity contribution in [3.05, 3.63) is 60.0 Å². The number of hydrogen-bond donors (Lipinski definition) is 0. The topological polar surface area (TPSA) is 167 Å². The molecule has 0 radical (unpaired) electrons. The molecule has 1 aliphatic heterocycles. The van der Waals surface area contributed by atoms with Gasteiger partial charge in [-0.1, -0.05) is 42.4 Å². The lowest BCUT2D eigenvalue weighted by Gasteiger charge is -2.25. The van der Waals surface area contributed by atoms with E-state index in [4.69, 9.17) is 24.3 Å². The predicted molar refractivity (Wildman–Crippen MR) is 138 cm³/mol. The molecule has 0 unspecified atom stereocenters. The van der Waals surface area contributed by atoms with Gasteiger partial charge in [-0.2, -0.15) is 31.3 Å². The normalized spacial score (nSPS) is 13.7. The summed E-state index contributed by atoms with van der Waals surface area (Å²) in [5.74, 6) is -1.95. The van der Waals surface area contributed by atoms with Crippen LogP contribution in [0.5, 0.6) is 0 Å². The van der Waals surface area contributed by atoms with Crippen LogP contribution in [-0.2, 0) is 16.1 Å². The van der Waals surface area contributed by atoms with Gasteiger partial charge in [-0.25, -0.2) is 14.6 Å². The van der Waals surface area contributed by atoms with Crippen LogP contribution in [0.2, 0.25) is 0 Å². The fourth-order valence-corrected chi connectivity index (χ4v) is 3.88. The van der Waals surface area contributed by atoms with Crippen molar-refractivity contribution in [3.63, 3.8) is 0 Å². The van der Waals surface area contributed by atoms with Crippen molar-refractivity contribution < 1.29 is 55.7 Å². The fraction of sp³-hybridized carbons (Fsp3) is 0.370. The van der Waals surface area contributed by atoms with E-state index in [-0.39, 0.29) is 0 Å². The highest BCUT2D eigenvalue weighted by Gasteiger charge is 2.29. The number of carbonyl (C=O) groups excluding carboxylic acids is 2. The number of halogens is 6. The van der Waals surface area contributed by atoms with Crippen LogP contribution in [0.4, 0.5) is 32.2 Å². The van der Waals surface area contributed by atoms with Crippen LogP contribution in [0, 0.1) is 12.8 Å². The number of rotatable bonds is 5. The van der Waals surface area contributed by atoms with Crippen molar-refractivity contribution in [2.45, 2.75) is 45.6 Å². The van der Waals surface area contributed by atoms with Crippen molar-refractivity contribution >= 4 is 17.8 Å². The van der Waals surface area contributed by atoms with Gasteiger partial charge in [0.05, 0.1) is 25.8 Å². The first-order chi connectivity index (χ1) is 21.0. The quantitative estimate of drug-likeness (QED) is 0.294. The molecule has 18 heteroatoms. The zero-order chi connectivity index (χ0) is 33.4. The molecule has 0 bridgehead atoms. The molecule has 5 rings (SSSR count). The number of carboxylic acids is 2. The Morgan fingerprint density at radius 2 is 1.53 bits per heavy atom. The molecule has 242 valence electrons. The maximum absolute atomic E-state index is 10.5. The Morgan fingerprint density at radius 1 is 0.956 bits per heavy atom. The standard InChI is InChI=1S/C23H25N7O.2C2HF3O2/c1-16-9-12-29(13-10-16)20-14-18(8-11-24-20)15-30-17(2)25-22(27-30)23-26-21(28-31-23)19-6-4-3-5-7-19;2*3-2(4,5)1(6)7/h3-8,11,14,16H,9-10,12-13,15H2,1-2H3;2*(H,6,7)/p-1. The van der Waals surface area contributed by atoms with Crippen molar-refractivity contribution in [3.8, 4) is 23.1 Å². The lowest BCUT2D eigenvalue weighted by molar-refractivity contribution is -0.364. The number of aryl methyl sites for hydroxylation is 1. The van der Waals surface area contributed by atoms with Crippen LogP contribution in [0.3, 0.4) is 0 Å². The number of alkyl halides is 6. The number of aliphatic carboxylic acids is 2. The molecule has 0 amide bonds. The number of H-pyrrole nitrogens is 1. The molecular formula is C27H26F6N7O5-. The first-order valence-corrected chi connectivity index (χ1v) is 13.2. The number of aromatic amines is 1. The van der Waals surface area contributed by atoms with Gasteiger partial charge < -0.3 is 24.3 Å². The van der Waals surface area contributed by atoms with Crippen LogP contribution in [0.15, 0.2) is 53.2 Å². The molecule has 0 atom stereocenters. The van der Waals surface area contributed by atoms with Gasteiger partial charge in [0.1, 0.15) is 17.8 Å². The van der Waals surface area contributed by atoms with Gasteiger partial charge in [-0.3, -0.25) is 4.90 Å². The molecule has 0 saturated carbocycles. The average molecular weight is 643 g/mol. The second-order valence-corrected chi connectivity index (χ2v) is 9.75. The van der Waals surface area contributed by atoms with Gasteiger partial charge in [0, 0.05) is 11.6 Å². The summed E-state index contributed by atoms with van der Waals surface area (Å²) in [4.78, 5) is 32.4. The summed E-state index contributed by atoms with van der Waals surface area (Å²) >= 11 is 0. The second-order valence-electron chi connectivity index (χ2n) is 9.75. The summed E-state index contributed by atoms with van der Waals surface area (Å²) in [6, 6.07) is 14.0. The van der Waals surface area contributed by atoms with Crippen molar-refractivity contribution in [2.75, 3.05) is 18.0 Å². The minimum Gasteiger partial charge on any atom is -0.542 e. The number of hydrogen-bond acceptors (Lipinski definition) is 10. The molecule has 0 spiro atoms. The van der Waals surface area contributed by atoms with Crippen LogP contribution in [0.25, 0.3) is 23.1 Å². The van der Waals surface area contributed by atoms with E-state index in [1.807, 2.05) is 48.1 Å². The molecule has 1 aliphatic rings. The van der Waals surface area contributed by atoms with Crippen molar-refractivity contribution in [2.24, 2.45) is 5.92 Å². The molecule has 12 nitrogen and oxygen atoms in total. The molecule has 1 saturated heterocycles. The van der Waals surface area contributed by atoms with E-state index < -0.39 is 24.3 Å². The highest BCUT2D eigenvalue weighted by molar-refractivity contribution is 5.71. The first kappa shape index (κ1) is 34.5. The zero-order valence-electron chi connectivity index (χ0n) is 23.7. The molecule has 45 heavy (non-hydrogen) atoms. The summed E-state index contributed by atoms with van der Waals surface area (Å²) in [7, 11) is 0. The average Bonchev–Trinajstić information content (AvgIpc) is 3.61. The highest BCUT2D eigenvalue weighted by Crippen LogP contribution is 2.22. The zero-order valence-corrected chi connectivity index (χ0v) is 23.7. The molecule has 3 aromatic heterocycles. The van der Waals surface area contributed by atoms with Crippen molar-refractivity contribution in [1.82, 2.24) is 24.9 Å². The van der Waals surface area contributed by atoms with Gasteiger partial charge in [0.2, 0.25) is 11.6 Å². The van der Waals surface area contributed by atoms with Gasteiger partial charge in [0.15, 0.2) is 0 Å². The molecule has 1 fully saturated rings. The summed E-state index contributed by atoms with van der Waals surface area (Å²) < 4.78 is 70.4. The molecule has 1 N–H and O–H groups in total. The summed E-state index contributed by atoms with van der Waals surface area (Å²) in [5, 5.41) is 26.3. The van der Waals surface area contributed by atoms with Gasteiger partial charge in [-0.15, -0.1) is 5.10 Å². The number of pyridine rings is 1. The highest BCUT2D eigenvalue weighted by atomic mass is 19.4. The molecule has 4 aromatic rings. The number of nitrogens with zero attached hydrogens (tertiary/aromatic N) is 6. The van der Waals surface area contributed by atoms with E-state index in [9.17, 15) is 26.3 Å². The van der Waals surface area contributed by atoms with Crippen LogP contribution < -0.4 is 20.1 Å². The Hall–Kier alpha value is -5.03. The lowest BCUT2D eigenvalue weighted by atomic mass is 9.99. The number of aromatic nitrogens is 6. The van der Waals surface area contributed by atoms with E-state index in [0.29, 0.717) is 24.1 Å². The van der Waals surface area contributed by atoms with Crippen molar-refractivity contribution in [1.29, 1.82) is 0 Å². The van der Waals surface area contributed by atoms with E-state index >= 15 is 0 Å². The molecular weight excluding hydrogens is 616 g/mol. The van der Waals surface area contributed by atoms with Crippen LogP contribution >= 0.6 is 0 Å². The fourth-order valence-electron chi connectivity index (χ4n) is 3.88. The maximum Gasteiger partial charge on any atom is 0.430 e. The third-order valence-corrected chi connectivity index (χ3v) is 6.28. The number of nitrogens with one attached hydrogen (secondary N) is 1. The smallest absolute Gasteiger partial charge is 0.430 e. The molecule has 1 aromatic carbocycles. The Balaban J connectivity index is 0.000000331. The van der Waals surface area contributed by atoms with Crippen LogP contribution in [-0.4, -0.2) is 62.3 Å². The number of carbonyl (C=O) groups is 2.